The Bertz CT molecular complexity index is 309. The van der Waals surface area contributed by atoms with E-state index in [4.69, 9.17) is 14.2 Å². The highest BCUT2D eigenvalue weighted by Crippen LogP contribution is 2.19. The van der Waals surface area contributed by atoms with Gasteiger partial charge in [0.25, 0.3) is 0 Å². The molecule has 18 heavy (non-hydrogen) atoms. The summed E-state index contributed by atoms with van der Waals surface area (Å²) >= 11 is 5.18. The third-order valence-electron chi connectivity index (χ3n) is 2.15. The molecule has 0 aliphatic heterocycles. The lowest BCUT2D eigenvalue weighted by atomic mass is 10.4. The van der Waals surface area contributed by atoms with Gasteiger partial charge in [-0.15, -0.1) is 11.3 Å². The van der Waals surface area contributed by atoms with Crippen LogP contribution in [0.3, 0.4) is 0 Å². The summed E-state index contributed by atoms with van der Waals surface area (Å²) in [5, 5.41) is 5.42. The molecule has 1 rings (SSSR count). The molecule has 1 aromatic heterocycles. The van der Waals surface area contributed by atoms with Crippen molar-refractivity contribution in [1.82, 2.24) is 5.32 Å². The van der Waals surface area contributed by atoms with Crippen molar-refractivity contribution < 1.29 is 14.2 Å². The Hall–Kier alpha value is 0.0200. The summed E-state index contributed by atoms with van der Waals surface area (Å²) in [6, 6.07) is 2.13. The van der Waals surface area contributed by atoms with Gasteiger partial charge in [-0.1, -0.05) is 0 Å². The van der Waals surface area contributed by atoms with Crippen molar-refractivity contribution >= 4 is 27.3 Å². The van der Waals surface area contributed by atoms with Crippen molar-refractivity contribution in [3.05, 3.63) is 20.8 Å². The van der Waals surface area contributed by atoms with E-state index in [2.05, 4.69) is 32.7 Å². The molecule has 0 unspecified atom stereocenters. The molecule has 0 fully saturated rings. The van der Waals surface area contributed by atoms with Gasteiger partial charge in [0.2, 0.25) is 0 Å². The van der Waals surface area contributed by atoms with Gasteiger partial charge in [-0.3, -0.25) is 0 Å². The second-order valence-electron chi connectivity index (χ2n) is 3.63. The van der Waals surface area contributed by atoms with E-state index in [1.807, 2.05) is 0 Å². The van der Waals surface area contributed by atoms with Crippen LogP contribution < -0.4 is 5.32 Å². The van der Waals surface area contributed by atoms with Gasteiger partial charge in [-0.25, -0.2) is 0 Å². The van der Waals surface area contributed by atoms with Gasteiger partial charge in [0.1, 0.15) is 0 Å². The average Bonchev–Trinajstić information content (AvgIpc) is 2.77. The van der Waals surface area contributed by atoms with Crippen LogP contribution in [0.5, 0.6) is 0 Å². The number of halogens is 1. The van der Waals surface area contributed by atoms with E-state index in [-0.39, 0.29) is 0 Å². The molecule has 1 aromatic rings. The Kier molecular flexibility index (Phi) is 9.73. The molecule has 4 nitrogen and oxygen atoms in total. The van der Waals surface area contributed by atoms with E-state index >= 15 is 0 Å². The zero-order chi connectivity index (χ0) is 13.1. The Balaban J connectivity index is 1.81. The summed E-state index contributed by atoms with van der Waals surface area (Å²) in [5.41, 5.74) is 0. The highest BCUT2D eigenvalue weighted by Gasteiger charge is 1.96. The summed E-state index contributed by atoms with van der Waals surface area (Å²) < 4.78 is 16.7. The van der Waals surface area contributed by atoms with Crippen LogP contribution in [0, 0.1) is 0 Å². The maximum absolute atomic E-state index is 5.42. The fourth-order valence-electron chi connectivity index (χ4n) is 1.27. The van der Waals surface area contributed by atoms with Crippen molar-refractivity contribution in [2.75, 3.05) is 46.7 Å². The molecule has 0 atom stereocenters. The topological polar surface area (TPSA) is 39.7 Å². The molecule has 6 heteroatoms. The quantitative estimate of drug-likeness (QED) is 0.629. The SMILES string of the molecule is COCCOCCOCCNCc1cc(Br)cs1. The molecule has 1 heterocycles. The van der Waals surface area contributed by atoms with Crippen molar-refractivity contribution in [3.8, 4) is 0 Å². The summed E-state index contributed by atoms with van der Waals surface area (Å²) in [4.78, 5) is 1.32. The van der Waals surface area contributed by atoms with E-state index in [0.29, 0.717) is 33.0 Å². The van der Waals surface area contributed by atoms with Gasteiger partial charge < -0.3 is 19.5 Å². The van der Waals surface area contributed by atoms with Crippen molar-refractivity contribution in [2.45, 2.75) is 6.54 Å². The second kappa shape index (κ2) is 10.9. The van der Waals surface area contributed by atoms with Crippen molar-refractivity contribution in [3.63, 3.8) is 0 Å². The number of hydrogen-bond acceptors (Lipinski definition) is 5. The van der Waals surface area contributed by atoms with Crippen LogP contribution in [0.4, 0.5) is 0 Å². The molecule has 0 saturated carbocycles. The van der Waals surface area contributed by atoms with E-state index < -0.39 is 0 Å². The minimum atomic E-state index is 0.626. The lowest BCUT2D eigenvalue weighted by Crippen LogP contribution is -2.20. The van der Waals surface area contributed by atoms with Gasteiger partial charge in [-0.05, 0) is 22.0 Å². The second-order valence-corrected chi connectivity index (χ2v) is 5.54. The Morgan fingerprint density at radius 2 is 1.89 bits per heavy atom. The number of ether oxygens (including phenoxy) is 3. The highest BCUT2D eigenvalue weighted by atomic mass is 79.9. The average molecular weight is 338 g/mol. The van der Waals surface area contributed by atoms with Crippen LogP contribution in [0.2, 0.25) is 0 Å². The van der Waals surface area contributed by atoms with Crippen LogP contribution in [0.15, 0.2) is 15.9 Å². The molecular formula is C12H20BrNO3S. The molecule has 0 aliphatic rings. The molecular weight excluding hydrogens is 318 g/mol. The van der Waals surface area contributed by atoms with Crippen LogP contribution in [0.25, 0.3) is 0 Å². The standard InChI is InChI=1S/C12H20BrNO3S/c1-15-4-5-17-7-6-16-3-2-14-9-12-8-11(13)10-18-12/h8,10,14H,2-7,9H2,1H3. The Morgan fingerprint density at radius 3 is 2.56 bits per heavy atom. The number of methoxy groups -OCH3 is 1. The van der Waals surface area contributed by atoms with Crippen molar-refractivity contribution in [2.24, 2.45) is 0 Å². The van der Waals surface area contributed by atoms with E-state index in [1.165, 1.54) is 4.88 Å². The van der Waals surface area contributed by atoms with Gasteiger partial charge >= 0.3 is 0 Å². The largest absolute Gasteiger partial charge is 0.382 e. The molecule has 0 aliphatic carbocycles. The van der Waals surface area contributed by atoms with E-state index in [0.717, 1.165) is 17.6 Å². The molecule has 0 radical (unpaired) electrons. The number of hydrogen-bond donors (Lipinski definition) is 1. The Labute approximate surface area is 121 Å². The third-order valence-corrected chi connectivity index (χ3v) is 3.85. The predicted octanol–water partition coefficient (Wildman–Crippen LogP) is 2.28. The van der Waals surface area contributed by atoms with Gasteiger partial charge in [-0.2, -0.15) is 0 Å². The number of thiophene rings is 1. The van der Waals surface area contributed by atoms with E-state index in [1.54, 1.807) is 18.4 Å². The summed E-state index contributed by atoms with van der Waals surface area (Å²) in [5.74, 6) is 0. The monoisotopic (exact) mass is 337 g/mol. The molecule has 0 bridgehead atoms. The molecule has 0 spiro atoms. The number of nitrogens with one attached hydrogen (secondary N) is 1. The lowest BCUT2D eigenvalue weighted by Gasteiger charge is -2.06. The van der Waals surface area contributed by atoms with Crippen LogP contribution >= 0.6 is 27.3 Å². The Morgan fingerprint density at radius 1 is 1.17 bits per heavy atom. The van der Waals surface area contributed by atoms with Gasteiger partial charge in [0.05, 0.1) is 33.0 Å². The first kappa shape index (κ1) is 16.1. The van der Waals surface area contributed by atoms with Gasteiger partial charge in [0, 0.05) is 34.9 Å². The molecule has 0 saturated heterocycles. The lowest BCUT2D eigenvalue weighted by molar-refractivity contribution is 0.0255. The number of rotatable bonds is 11. The maximum atomic E-state index is 5.42. The zero-order valence-corrected chi connectivity index (χ0v) is 13.0. The van der Waals surface area contributed by atoms with Crippen LogP contribution in [-0.4, -0.2) is 46.7 Å². The smallest absolute Gasteiger partial charge is 0.0701 e. The fourth-order valence-corrected chi connectivity index (χ4v) is 2.69. The van der Waals surface area contributed by atoms with E-state index in [9.17, 15) is 0 Å². The minimum Gasteiger partial charge on any atom is -0.382 e. The van der Waals surface area contributed by atoms with Gasteiger partial charge in [0.15, 0.2) is 0 Å². The fraction of sp³-hybridized carbons (Fsp3) is 0.667. The molecule has 1 N–H and O–H groups in total. The highest BCUT2D eigenvalue weighted by molar-refractivity contribution is 9.10. The van der Waals surface area contributed by atoms with Crippen LogP contribution in [0.1, 0.15) is 4.88 Å². The maximum Gasteiger partial charge on any atom is 0.0701 e. The normalized spacial score (nSPS) is 11.0. The first-order chi connectivity index (χ1) is 8.83. The van der Waals surface area contributed by atoms with Crippen molar-refractivity contribution in [1.29, 1.82) is 0 Å². The molecule has 0 amide bonds. The first-order valence-electron chi connectivity index (χ1n) is 5.91. The minimum absolute atomic E-state index is 0.626. The third kappa shape index (κ3) is 8.18. The first-order valence-corrected chi connectivity index (χ1v) is 7.58. The van der Waals surface area contributed by atoms with Crippen LogP contribution in [-0.2, 0) is 20.8 Å². The zero-order valence-electron chi connectivity index (χ0n) is 10.6. The molecule has 0 aromatic carbocycles. The predicted molar refractivity (Wildman–Crippen MR) is 77.2 cm³/mol. The summed E-state index contributed by atoms with van der Waals surface area (Å²) in [6.45, 7) is 4.98. The molecule has 104 valence electrons. The summed E-state index contributed by atoms with van der Waals surface area (Å²) in [6.07, 6.45) is 0. The summed E-state index contributed by atoms with van der Waals surface area (Å²) in [7, 11) is 1.66.